The molecule has 162 valence electrons. The molecule has 1 aliphatic heterocycles. The van der Waals surface area contributed by atoms with Gasteiger partial charge in [0.25, 0.3) is 0 Å². The van der Waals surface area contributed by atoms with Crippen LogP contribution in [-0.2, 0) is 14.3 Å². The first-order valence-corrected chi connectivity index (χ1v) is 9.49. The van der Waals surface area contributed by atoms with E-state index in [4.69, 9.17) is 5.11 Å². The van der Waals surface area contributed by atoms with Crippen molar-refractivity contribution in [2.45, 2.75) is 108 Å². The number of ether oxygens (including phenoxy) is 1. The molecule has 0 bridgehead atoms. The molecule has 1 heterocycles. The molecule has 1 unspecified atom stereocenters. The van der Waals surface area contributed by atoms with Crippen molar-refractivity contribution in [2.75, 3.05) is 6.61 Å². The van der Waals surface area contributed by atoms with Gasteiger partial charge in [0.15, 0.2) is 0 Å². The molecule has 0 radical (unpaired) electrons. The zero-order valence-electron chi connectivity index (χ0n) is 18.3. The molecule has 1 aliphatic rings. The van der Waals surface area contributed by atoms with Crippen molar-refractivity contribution in [2.24, 2.45) is 11.3 Å². The molecule has 5 nitrogen and oxygen atoms in total. The van der Waals surface area contributed by atoms with Gasteiger partial charge in [-0.25, -0.2) is 0 Å². The van der Waals surface area contributed by atoms with E-state index in [1.807, 2.05) is 48.5 Å². The van der Waals surface area contributed by atoms with E-state index in [2.05, 4.69) is 25.5 Å². The molecule has 26 heavy (non-hydrogen) atoms. The van der Waals surface area contributed by atoms with E-state index in [-0.39, 0.29) is 25.2 Å². The van der Waals surface area contributed by atoms with E-state index >= 15 is 0 Å². The second-order valence-electron chi connectivity index (χ2n) is 7.07. The molecule has 1 saturated heterocycles. The Balaban J connectivity index is -0.0000000830. The monoisotopic (exact) mass is 380 g/mol. The molecule has 1 atom stereocenters. The highest BCUT2D eigenvalue weighted by atomic mass is 16.5. The van der Waals surface area contributed by atoms with E-state index in [1.54, 1.807) is 0 Å². The first-order valence-electron chi connectivity index (χ1n) is 9.49. The largest absolute Gasteiger partial charge is 0.481 e. The summed E-state index contributed by atoms with van der Waals surface area (Å²) < 4.78 is 4.51. The Kier molecular flexibility index (Phi) is 33.0. The van der Waals surface area contributed by atoms with E-state index < -0.39 is 12.1 Å². The maximum atomic E-state index is 10.1. The van der Waals surface area contributed by atoms with Gasteiger partial charge >= 0.3 is 11.9 Å². The Morgan fingerprint density at radius 2 is 1.50 bits per heavy atom. The molecular formula is C21H48O5. The van der Waals surface area contributed by atoms with Crippen LogP contribution in [0.3, 0.4) is 0 Å². The molecule has 1 rings (SSSR count). The van der Waals surface area contributed by atoms with Crippen LogP contribution in [0.25, 0.3) is 0 Å². The summed E-state index contributed by atoms with van der Waals surface area (Å²) in [6, 6.07) is 0. The third-order valence-electron chi connectivity index (χ3n) is 2.05. The molecule has 2 N–H and O–H groups in total. The van der Waals surface area contributed by atoms with E-state index in [0.29, 0.717) is 19.4 Å². The van der Waals surface area contributed by atoms with Gasteiger partial charge in [-0.1, -0.05) is 76.7 Å². The molecule has 0 aromatic rings. The Labute approximate surface area is 163 Å². The van der Waals surface area contributed by atoms with Gasteiger partial charge in [0.05, 0.1) is 19.1 Å². The highest BCUT2D eigenvalue weighted by Gasteiger charge is 2.18. The zero-order chi connectivity index (χ0) is 21.1. The number of carboxylic acid groups (broad SMARTS) is 1. The number of carbonyl (C=O) groups is 2. The predicted octanol–water partition coefficient (Wildman–Crippen LogP) is 5.93. The third-order valence-corrected chi connectivity index (χ3v) is 2.05. The second-order valence-corrected chi connectivity index (χ2v) is 7.07. The zero-order valence-corrected chi connectivity index (χ0v) is 18.3. The molecule has 0 spiro atoms. The fourth-order valence-corrected chi connectivity index (χ4v) is 1.46. The first kappa shape index (κ1) is 35.9. The van der Waals surface area contributed by atoms with Crippen LogP contribution in [0.1, 0.15) is 102 Å². The van der Waals surface area contributed by atoms with Crippen molar-refractivity contribution in [3.05, 3.63) is 0 Å². The summed E-state index contributed by atoms with van der Waals surface area (Å²) in [4.78, 5) is 20.2. The fourth-order valence-electron chi connectivity index (χ4n) is 1.46. The third kappa shape index (κ3) is 49.5. The van der Waals surface area contributed by atoms with Crippen LogP contribution in [0.15, 0.2) is 0 Å². The summed E-state index contributed by atoms with van der Waals surface area (Å²) in [6.07, 6.45) is 1.20. The molecule has 0 aromatic carbocycles. The van der Waals surface area contributed by atoms with Gasteiger partial charge in [-0.2, -0.15) is 0 Å². The van der Waals surface area contributed by atoms with Crippen LogP contribution in [0.2, 0.25) is 0 Å². The van der Waals surface area contributed by atoms with Crippen LogP contribution < -0.4 is 0 Å². The maximum absolute atomic E-state index is 10.1. The summed E-state index contributed by atoms with van der Waals surface area (Å²) >= 11 is 0. The summed E-state index contributed by atoms with van der Waals surface area (Å²) in [5, 5.41) is 17.5. The Hall–Kier alpha value is -1.10. The van der Waals surface area contributed by atoms with Gasteiger partial charge < -0.3 is 14.9 Å². The standard InChI is InChI=1S/C8H16O3.C4H6O2.C4H10.2C2H6.CH4/c1-8(2,3)5-6(9)4-7(10)11;5-4-2-1-3-6-4;1-4(2)3;2*1-2;/h6,9H,4-5H2,1-3H3,(H,10,11);1-3H2;4H,1-3H3;2*1-2H3;1H4. The number of hydrogen-bond acceptors (Lipinski definition) is 4. The van der Waals surface area contributed by atoms with Crippen LogP contribution in [0.5, 0.6) is 0 Å². The first-order chi connectivity index (χ1) is 11.4. The average Bonchev–Trinajstić information content (AvgIpc) is 2.91. The van der Waals surface area contributed by atoms with Crippen LogP contribution in [-0.4, -0.2) is 34.9 Å². The summed E-state index contributed by atoms with van der Waals surface area (Å²) in [5.74, 6) is -0.156. The Bertz CT molecular complexity index is 283. The summed E-state index contributed by atoms with van der Waals surface area (Å²) in [7, 11) is 0. The van der Waals surface area contributed by atoms with Crippen LogP contribution in [0, 0.1) is 11.3 Å². The van der Waals surface area contributed by atoms with Gasteiger partial charge in [0.1, 0.15) is 0 Å². The molecule has 5 heteroatoms. The minimum Gasteiger partial charge on any atom is -0.481 e. The molecule has 1 fully saturated rings. The number of esters is 1. The van der Waals surface area contributed by atoms with Gasteiger partial charge in [-0.15, -0.1) is 0 Å². The number of cyclic esters (lactones) is 1. The van der Waals surface area contributed by atoms with Gasteiger partial charge in [0.2, 0.25) is 0 Å². The second kappa shape index (κ2) is 23.9. The molecular weight excluding hydrogens is 332 g/mol. The number of rotatable bonds is 3. The lowest BCUT2D eigenvalue weighted by atomic mass is 9.88. The van der Waals surface area contributed by atoms with Crippen molar-refractivity contribution in [1.29, 1.82) is 0 Å². The highest BCUT2D eigenvalue weighted by Crippen LogP contribution is 2.21. The van der Waals surface area contributed by atoms with Gasteiger partial charge in [-0.3, -0.25) is 9.59 Å². The lowest BCUT2D eigenvalue weighted by molar-refractivity contribution is -0.140. The van der Waals surface area contributed by atoms with Crippen molar-refractivity contribution in [3.8, 4) is 0 Å². The number of aliphatic hydroxyl groups is 1. The van der Waals surface area contributed by atoms with E-state index in [0.717, 1.165) is 12.3 Å². The summed E-state index contributed by atoms with van der Waals surface area (Å²) in [6.45, 7) is 21.0. The quantitative estimate of drug-likeness (QED) is 0.593. The Morgan fingerprint density at radius 3 is 1.65 bits per heavy atom. The minimum atomic E-state index is -0.943. The number of aliphatic carboxylic acids is 1. The van der Waals surface area contributed by atoms with E-state index in [9.17, 15) is 14.7 Å². The Morgan fingerprint density at radius 1 is 1.12 bits per heavy atom. The number of hydrogen-bond donors (Lipinski definition) is 2. The molecule has 0 amide bonds. The van der Waals surface area contributed by atoms with Crippen LogP contribution in [0.4, 0.5) is 0 Å². The average molecular weight is 381 g/mol. The fraction of sp³-hybridized carbons (Fsp3) is 0.905. The predicted molar refractivity (Wildman–Crippen MR) is 112 cm³/mol. The van der Waals surface area contributed by atoms with Crippen molar-refractivity contribution >= 4 is 11.9 Å². The maximum Gasteiger partial charge on any atom is 0.305 e. The number of aliphatic hydroxyl groups excluding tert-OH is 1. The summed E-state index contributed by atoms with van der Waals surface area (Å²) in [5.41, 5.74) is -0.00509. The van der Waals surface area contributed by atoms with Crippen molar-refractivity contribution < 1.29 is 24.5 Å². The SMILES string of the molecule is C.CC.CC.CC(C)(C)CC(O)CC(=O)O.CC(C)C.O=C1CCCO1. The van der Waals surface area contributed by atoms with E-state index in [1.165, 1.54) is 0 Å². The van der Waals surface area contributed by atoms with Crippen molar-refractivity contribution in [3.63, 3.8) is 0 Å². The minimum absolute atomic E-state index is 0. The van der Waals surface area contributed by atoms with Crippen LogP contribution >= 0.6 is 0 Å². The topological polar surface area (TPSA) is 83.8 Å². The van der Waals surface area contributed by atoms with Crippen molar-refractivity contribution in [1.82, 2.24) is 0 Å². The number of carboxylic acids is 1. The normalized spacial score (nSPS) is 12.8. The molecule has 0 saturated carbocycles. The lowest BCUT2D eigenvalue weighted by Gasteiger charge is -2.20. The highest BCUT2D eigenvalue weighted by molar-refractivity contribution is 5.70. The lowest BCUT2D eigenvalue weighted by Crippen LogP contribution is -2.20. The molecule has 0 aromatic heterocycles. The molecule has 0 aliphatic carbocycles. The number of carbonyl (C=O) groups excluding carboxylic acids is 1. The van der Waals surface area contributed by atoms with Gasteiger partial charge in [0, 0.05) is 6.42 Å². The van der Waals surface area contributed by atoms with Gasteiger partial charge in [-0.05, 0) is 24.2 Å². The smallest absolute Gasteiger partial charge is 0.305 e.